The minimum atomic E-state index is -1.28. The fraction of sp³-hybridized carbons (Fsp3) is 0.375. The number of likely N-dealkylation sites (N-methyl/N-ethyl adjacent to an activating group) is 1. The molecule has 164 valence electrons. The molecule has 31 heavy (non-hydrogen) atoms. The van der Waals surface area contributed by atoms with Crippen LogP contribution in [-0.4, -0.2) is 41.2 Å². The summed E-state index contributed by atoms with van der Waals surface area (Å²) in [5.74, 6) is -1.24. The highest BCUT2D eigenvalue weighted by Gasteiger charge is 2.52. The lowest BCUT2D eigenvalue weighted by Gasteiger charge is -2.27. The quantitative estimate of drug-likeness (QED) is 0.655. The number of benzene rings is 2. The second-order valence-corrected chi connectivity index (χ2v) is 8.07. The van der Waals surface area contributed by atoms with Crippen LogP contribution in [0, 0.1) is 12.7 Å². The largest absolute Gasteiger partial charge is 0.340 e. The standard InChI is InChI=1S/C24H28FN3O3/c1-4-5-14-24(19-10-12-20(25)13-11-19)22(30)28(23(31)26-24)16-21(29)27(3)15-18-8-6-17(2)7-9-18/h6-13H,4-5,14-16H2,1-3H3,(H,26,31)/t24-/m0/s1. The molecule has 1 atom stereocenters. The maximum Gasteiger partial charge on any atom is 0.325 e. The van der Waals surface area contributed by atoms with E-state index < -0.39 is 23.3 Å². The molecule has 1 saturated heterocycles. The van der Waals surface area contributed by atoms with Gasteiger partial charge < -0.3 is 10.2 Å². The molecule has 1 N–H and O–H groups in total. The lowest BCUT2D eigenvalue weighted by Crippen LogP contribution is -2.45. The highest BCUT2D eigenvalue weighted by molar-refractivity contribution is 6.09. The Morgan fingerprint density at radius 3 is 2.35 bits per heavy atom. The van der Waals surface area contributed by atoms with Crippen LogP contribution in [0.4, 0.5) is 9.18 Å². The maximum atomic E-state index is 13.4. The molecule has 0 bridgehead atoms. The molecule has 6 nitrogen and oxygen atoms in total. The van der Waals surface area contributed by atoms with Crippen molar-refractivity contribution in [2.75, 3.05) is 13.6 Å². The minimum absolute atomic E-state index is 0.338. The summed E-state index contributed by atoms with van der Waals surface area (Å²) in [5, 5.41) is 2.78. The third kappa shape index (κ3) is 4.76. The Morgan fingerprint density at radius 2 is 1.74 bits per heavy atom. The van der Waals surface area contributed by atoms with E-state index in [9.17, 15) is 18.8 Å². The van der Waals surface area contributed by atoms with Gasteiger partial charge in [0, 0.05) is 13.6 Å². The number of rotatable bonds is 8. The number of nitrogens with zero attached hydrogens (tertiary/aromatic N) is 2. The fourth-order valence-corrected chi connectivity index (χ4v) is 3.77. The van der Waals surface area contributed by atoms with Crippen LogP contribution >= 0.6 is 0 Å². The summed E-state index contributed by atoms with van der Waals surface area (Å²) in [6, 6.07) is 12.8. The number of unbranched alkanes of at least 4 members (excludes halogenated alkanes) is 1. The monoisotopic (exact) mass is 425 g/mol. The van der Waals surface area contributed by atoms with E-state index in [-0.39, 0.29) is 12.5 Å². The summed E-state index contributed by atoms with van der Waals surface area (Å²) < 4.78 is 13.4. The van der Waals surface area contributed by atoms with Gasteiger partial charge in [-0.1, -0.05) is 61.7 Å². The van der Waals surface area contributed by atoms with Gasteiger partial charge in [-0.05, 0) is 36.6 Å². The van der Waals surface area contributed by atoms with Gasteiger partial charge in [0.25, 0.3) is 5.91 Å². The van der Waals surface area contributed by atoms with E-state index in [4.69, 9.17) is 0 Å². The molecule has 2 aromatic carbocycles. The Labute approximate surface area is 182 Å². The molecule has 0 spiro atoms. The maximum absolute atomic E-state index is 13.4. The Hall–Kier alpha value is -3.22. The average Bonchev–Trinajstić information content (AvgIpc) is 2.99. The number of carbonyl (C=O) groups excluding carboxylic acids is 3. The van der Waals surface area contributed by atoms with Gasteiger partial charge in [-0.3, -0.25) is 14.5 Å². The van der Waals surface area contributed by atoms with Gasteiger partial charge in [0.2, 0.25) is 5.91 Å². The summed E-state index contributed by atoms with van der Waals surface area (Å²) in [6.07, 6.45) is 1.90. The Balaban J connectivity index is 1.77. The molecule has 1 aliphatic rings. The van der Waals surface area contributed by atoms with Crippen molar-refractivity contribution in [3.05, 3.63) is 71.0 Å². The van der Waals surface area contributed by atoms with Crippen LogP contribution in [0.15, 0.2) is 48.5 Å². The van der Waals surface area contributed by atoms with Crippen molar-refractivity contribution in [2.24, 2.45) is 0 Å². The molecule has 0 saturated carbocycles. The van der Waals surface area contributed by atoms with Crippen molar-refractivity contribution < 1.29 is 18.8 Å². The second-order valence-electron chi connectivity index (χ2n) is 8.07. The number of carbonyl (C=O) groups is 3. The topological polar surface area (TPSA) is 69.7 Å². The molecular formula is C24H28FN3O3. The van der Waals surface area contributed by atoms with Crippen molar-refractivity contribution in [3.63, 3.8) is 0 Å². The van der Waals surface area contributed by atoms with Crippen molar-refractivity contribution in [1.29, 1.82) is 0 Å². The van der Waals surface area contributed by atoms with Crippen LogP contribution in [0.25, 0.3) is 0 Å². The van der Waals surface area contributed by atoms with Gasteiger partial charge in [0.15, 0.2) is 0 Å². The highest BCUT2D eigenvalue weighted by Crippen LogP contribution is 2.34. The molecule has 1 aliphatic heterocycles. The summed E-state index contributed by atoms with van der Waals surface area (Å²) in [5.41, 5.74) is 1.32. The fourth-order valence-electron chi connectivity index (χ4n) is 3.77. The molecule has 3 rings (SSSR count). The van der Waals surface area contributed by atoms with Crippen LogP contribution in [0.1, 0.15) is 42.9 Å². The van der Waals surface area contributed by atoms with Crippen LogP contribution in [0.5, 0.6) is 0 Å². The van der Waals surface area contributed by atoms with E-state index in [1.165, 1.54) is 29.2 Å². The summed E-state index contributed by atoms with van der Waals surface area (Å²) in [7, 11) is 1.64. The summed E-state index contributed by atoms with van der Waals surface area (Å²) in [6.45, 7) is 4.01. The Kier molecular flexibility index (Phi) is 6.73. The Bertz CT molecular complexity index is 959. The van der Waals surface area contributed by atoms with E-state index >= 15 is 0 Å². The predicted molar refractivity (Wildman–Crippen MR) is 116 cm³/mol. The Morgan fingerprint density at radius 1 is 1.10 bits per heavy atom. The molecule has 1 fully saturated rings. The van der Waals surface area contributed by atoms with E-state index in [1.807, 2.05) is 38.1 Å². The summed E-state index contributed by atoms with van der Waals surface area (Å²) >= 11 is 0. The molecule has 2 aromatic rings. The van der Waals surface area contributed by atoms with Gasteiger partial charge in [0.05, 0.1) is 0 Å². The first-order valence-electron chi connectivity index (χ1n) is 10.5. The molecule has 1 heterocycles. The third-order valence-electron chi connectivity index (χ3n) is 5.68. The van der Waals surface area contributed by atoms with Crippen LogP contribution in [0.2, 0.25) is 0 Å². The van der Waals surface area contributed by atoms with Crippen molar-refractivity contribution >= 4 is 17.8 Å². The first kappa shape index (κ1) is 22.5. The van der Waals surface area contributed by atoms with Gasteiger partial charge in [-0.25, -0.2) is 9.18 Å². The van der Waals surface area contributed by atoms with Crippen molar-refractivity contribution in [1.82, 2.24) is 15.1 Å². The number of urea groups is 1. The van der Waals surface area contributed by atoms with Gasteiger partial charge in [-0.2, -0.15) is 0 Å². The number of hydrogen-bond acceptors (Lipinski definition) is 3. The lowest BCUT2D eigenvalue weighted by molar-refractivity contribution is -0.139. The molecule has 0 unspecified atom stereocenters. The minimum Gasteiger partial charge on any atom is -0.340 e. The number of amides is 4. The number of halogens is 1. The zero-order valence-corrected chi connectivity index (χ0v) is 18.2. The normalized spacial score (nSPS) is 18.3. The number of aryl methyl sites for hydroxylation is 1. The zero-order valence-electron chi connectivity index (χ0n) is 18.2. The number of imide groups is 1. The van der Waals surface area contributed by atoms with Gasteiger partial charge >= 0.3 is 6.03 Å². The molecule has 0 aliphatic carbocycles. The number of nitrogens with one attached hydrogen (secondary N) is 1. The van der Waals surface area contributed by atoms with Crippen LogP contribution < -0.4 is 5.32 Å². The van der Waals surface area contributed by atoms with E-state index in [1.54, 1.807) is 7.05 Å². The summed E-state index contributed by atoms with van der Waals surface area (Å²) in [4.78, 5) is 41.3. The third-order valence-corrected chi connectivity index (χ3v) is 5.68. The van der Waals surface area contributed by atoms with Crippen LogP contribution in [-0.2, 0) is 21.7 Å². The number of hydrogen-bond donors (Lipinski definition) is 1. The van der Waals surface area contributed by atoms with E-state index in [0.29, 0.717) is 24.9 Å². The molecular weight excluding hydrogens is 397 g/mol. The van der Waals surface area contributed by atoms with Crippen LogP contribution in [0.3, 0.4) is 0 Å². The second kappa shape index (κ2) is 9.29. The first-order chi connectivity index (χ1) is 14.8. The predicted octanol–water partition coefficient (Wildman–Crippen LogP) is 3.73. The smallest absolute Gasteiger partial charge is 0.325 e. The van der Waals surface area contributed by atoms with Crippen molar-refractivity contribution in [2.45, 2.75) is 45.2 Å². The first-order valence-corrected chi connectivity index (χ1v) is 10.5. The SMILES string of the molecule is CCCC[C@@]1(c2ccc(F)cc2)NC(=O)N(CC(=O)N(C)Cc2ccc(C)cc2)C1=O. The van der Waals surface area contributed by atoms with E-state index in [0.717, 1.165) is 22.4 Å². The molecule has 0 radical (unpaired) electrons. The molecule has 7 heteroatoms. The average molecular weight is 426 g/mol. The lowest BCUT2D eigenvalue weighted by atomic mass is 9.85. The highest BCUT2D eigenvalue weighted by atomic mass is 19.1. The van der Waals surface area contributed by atoms with Crippen molar-refractivity contribution in [3.8, 4) is 0 Å². The van der Waals surface area contributed by atoms with Gasteiger partial charge in [0.1, 0.15) is 17.9 Å². The zero-order chi connectivity index (χ0) is 22.6. The molecule has 0 aromatic heterocycles. The van der Waals surface area contributed by atoms with Gasteiger partial charge in [-0.15, -0.1) is 0 Å². The molecule has 4 amide bonds. The van der Waals surface area contributed by atoms with E-state index in [2.05, 4.69) is 5.32 Å².